The summed E-state index contributed by atoms with van der Waals surface area (Å²) in [5.41, 5.74) is 3.76. The molecule has 0 heterocycles. The number of halogens is 2. The van der Waals surface area contributed by atoms with Crippen molar-refractivity contribution < 1.29 is 9.47 Å². The fourth-order valence-corrected chi connectivity index (χ4v) is 2.08. The number of nitrogens with two attached hydrogens (primary N) is 1. The predicted molar refractivity (Wildman–Crippen MR) is 78.6 cm³/mol. The molecule has 3 N–H and O–H groups in total. The Bertz CT molecular complexity index is 378. The van der Waals surface area contributed by atoms with E-state index in [9.17, 15) is 0 Å². The number of hydrogen-bond acceptors (Lipinski definition) is 4. The first-order chi connectivity index (χ1) is 9.19. The Morgan fingerprint density at radius 3 is 2.74 bits per heavy atom. The van der Waals surface area contributed by atoms with Crippen LogP contribution in [0.3, 0.4) is 0 Å². The maximum absolute atomic E-state index is 6.15. The van der Waals surface area contributed by atoms with Crippen LogP contribution < -0.4 is 11.3 Å². The van der Waals surface area contributed by atoms with Gasteiger partial charge in [-0.15, -0.1) is 0 Å². The summed E-state index contributed by atoms with van der Waals surface area (Å²) in [6, 6.07) is 5.70. The second-order valence-electron chi connectivity index (χ2n) is 4.17. The average Bonchev–Trinajstić information content (AvgIpc) is 2.42. The third kappa shape index (κ3) is 6.08. The summed E-state index contributed by atoms with van der Waals surface area (Å²) in [5.74, 6) is 5.54. The summed E-state index contributed by atoms with van der Waals surface area (Å²) < 4.78 is 10.3. The number of nitrogens with one attached hydrogen (secondary N) is 1. The standard InChI is InChI=1S/C13H20Cl2N2O2/c1-18-7-8-19-6-5-11(17-16)9-10-3-2-4-12(14)13(10)15/h2-4,11,17H,5-9,16H2,1H3. The average molecular weight is 307 g/mol. The molecule has 0 radical (unpaired) electrons. The van der Waals surface area contributed by atoms with Crippen LogP contribution in [0.25, 0.3) is 0 Å². The monoisotopic (exact) mass is 306 g/mol. The fourth-order valence-electron chi connectivity index (χ4n) is 1.69. The number of benzene rings is 1. The molecule has 19 heavy (non-hydrogen) atoms. The molecule has 0 spiro atoms. The summed E-state index contributed by atoms with van der Waals surface area (Å²) in [5, 5.41) is 1.15. The fraction of sp³-hybridized carbons (Fsp3) is 0.538. The van der Waals surface area contributed by atoms with Gasteiger partial charge in [-0.05, 0) is 24.5 Å². The topological polar surface area (TPSA) is 56.5 Å². The molecular weight excluding hydrogens is 287 g/mol. The van der Waals surface area contributed by atoms with E-state index >= 15 is 0 Å². The summed E-state index contributed by atoms with van der Waals surface area (Å²) in [4.78, 5) is 0. The summed E-state index contributed by atoms with van der Waals surface area (Å²) >= 11 is 12.1. The van der Waals surface area contributed by atoms with Gasteiger partial charge in [-0.3, -0.25) is 11.3 Å². The van der Waals surface area contributed by atoms with Gasteiger partial charge in [0.1, 0.15) is 0 Å². The Morgan fingerprint density at radius 1 is 1.26 bits per heavy atom. The van der Waals surface area contributed by atoms with E-state index < -0.39 is 0 Å². The van der Waals surface area contributed by atoms with E-state index in [1.807, 2.05) is 12.1 Å². The van der Waals surface area contributed by atoms with Crippen LogP contribution in [0.15, 0.2) is 18.2 Å². The van der Waals surface area contributed by atoms with E-state index in [1.54, 1.807) is 13.2 Å². The van der Waals surface area contributed by atoms with Crippen molar-refractivity contribution >= 4 is 23.2 Å². The van der Waals surface area contributed by atoms with Gasteiger partial charge in [-0.25, -0.2) is 0 Å². The number of ether oxygens (including phenoxy) is 2. The lowest BCUT2D eigenvalue weighted by molar-refractivity contribution is 0.0658. The van der Waals surface area contributed by atoms with Gasteiger partial charge in [0.15, 0.2) is 0 Å². The van der Waals surface area contributed by atoms with Gasteiger partial charge in [-0.2, -0.15) is 0 Å². The first-order valence-corrected chi connectivity index (χ1v) is 6.90. The molecular formula is C13H20Cl2N2O2. The van der Waals surface area contributed by atoms with Crippen molar-refractivity contribution in [1.29, 1.82) is 0 Å². The molecule has 0 aliphatic rings. The van der Waals surface area contributed by atoms with Crippen molar-refractivity contribution in [3.05, 3.63) is 33.8 Å². The number of hydrazine groups is 1. The van der Waals surface area contributed by atoms with Crippen molar-refractivity contribution in [1.82, 2.24) is 5.43 Å². The zero-order valence-electron chi connectivity index (χ0n) is 11.0. The normalized spacial score (nSPS) is 12.6. The van der Waals surface area contributed by atoms with Gasteiger partial charge in [0.05, 0.1) is 23.3 Å². The van der Waals surface area contributed by atoms with Crippen molar-refractivity contribution in [2.45, 2.75) is 18.9 Å². The molecule has 6 heteroatoms. The van der Waals surface area contributed by atoms with Crippen LogP contribution >= 0.6 is 23.2 Å². The van der Waals surface area contributed by atoms with Gasteiger partial charge in [0.25, 0.3) is 0 Å². The zero-order chi connectivity index (χ0) is 14.1. The minimum atomic E-state index is 0.0958. The zero-order valence-corrected chi connectivity index (χ0v) is 12.5. The largest absolute Gasteiger partial charge is 0.382 e. The Balaban J connectivity index is 2.41. The Hall–Kier alpha value is -0.360. The maximum atomic E-state index is 6.15. The van der Waals surface area contributed by atoms with Gasteiger partial charge in [-0.1, -0.05) is 35.3 Å². The smallest absolute Gasteiger partial charge is 0.0700 e. The molecule has 0 aromatic heterocycles. The van der Waals surface area contributed by atoms with E-state index in [0.29, 0.717) is 36.3 Å². The third-order valence-corrected chi connectivity index (χ3v) is 3.63. The lowest BCUT2D eigenvalue weighted by Crippen LogP contribution is -2.37. The van der Waals surface area contributed by atoms with Gasteiger partial charge in [0.2, 0.25) is 0 Å². The Kier molecular flexibility index (Phi) is 8.37. The first kappa shape index (κ1) is 16.7. The molecule has 1 unspecified atom stereocenters. The van der Waals surface area contributed by atoms with Crippen LogP contribution in [0.1, 0.15) is 12.0 Å². The molecule has 1 atom stereocenters. The molecule has 1 aromatic rings. The maximum Gasteiger partial charge on any atom is 0.0700 e. The second-order valence-corrected chi connectivity index (χ2v) is 4.96. The molecule has 0 amide bonds. The highest BCUT2D eigenvalue weighted by atomic mass is 35.5. The summed E-state index contributed by atoms with van der Waals surface area (Å²) in [6.45, 7) is 1.81. The van der Waals surface area contributed by atoms with E-state index in [-0.39, 0.29) is 6.04 Å². The van der Waals surface area contributed by atoms with Crippen LogP contribution in [0.4, 0.5) is 0 Å². The van der Waals surface area contributed by atoms with Gasteiger partial charge >= 0.3 is 0 Å². The SMILES string of the molecule is COCCOCCC(Cc1cccc(Cl)c1Cl)NN. The van der Waals surface area contributed by atoms with E-state index in [2.05, 4.69) is 5.43 Å². The van der Waals surface area contributed by atoms with Crippen LogP contribution in [0.5, 0.6) is 0 Å². The first-order valence-electron chi connectivity index (χ1n) is 6.14. The van der Waals surface area contributed by atoms with Crippen molar-refractivity contribution in [2.75, 3.05) is 26.9 Å². The number of rotatable bonds is 9. The lowest BCUT2D eigenvalue weighted by Gasteiger charge is -2.17. The van der Waals surface area contributed by atoms with Gasteiger partial charge < -0.3 is 9.47 Å². The molecule has 4 nitrogen and oxygen atoms in total. The number of hydrogen-bond donors (Lipinski definition) is 2. The van der Waals surface area contributed by atoms with Crippen LogP contribution in [-0.4, -0.2) is 33.0 Å². The molecule has 1 rings (SSSR count). The second kappa shape index (κ2) is 9.53. The molecule has 0 saturated heterocycles. The lowest BCUT2D eigenvalue weighted by atomic mass is 10.0. The molecule has 0 aliphatic carbocycles. The third-order valence-electron chi connectivity index (χ3n) is 2.78. The van der Waals surface area contributed by atoms with Crippen LogP contribution in [-0.2, 0) is 15.9 Å². The van der Waals surface area contributed by atoms with Crippen molar-refractivity contribution in [3.8, 4) is 0 Å². The van der Waals surface area contributed by atoms with Crippen molar-refractivity contribution in [3.63, 3.8) is 0 Å². The highest BCUT2D eigenvalue weighted by molar-refractivity contribution is 6.42. The minimum Gasteiger partial charge on any atom is -0.382 e. The van der Waals surface area contributed by atoms with E-state index in [0.717, 1.165) is 12.0 Å². The van der Waals surface area contributed by atoms with E-state index in [4.69, 9.17) is 38.5 Å². The van der Waals surface area contributed by atoms with Crippen molar-refractivity contribution in [2.24, 2.45) is 5.84 Å². The van der Waals surface area contributed by atoms with Crippen LogP contribution in [0, 0.1) is 0 Å². The van der Waals surface area contributed by atoms with E-state index in [1.165, 1.54) is 0 Å². The summed E-state index contributed by atoms with van der Waals surface area (Å²) in [6.07, 6.45) is 1.51. The molecule has 0 fully saturated rings. The molecule has 0 saturated carbocycles. The minimum absolute atomic E-state index is 0.0958. The van der Waals surface area contributed by atoms with Gasteiger partial charge in [0, 0.05) is 19.8 Å². The van der Waals surface area contributed by atoms with Crippen LogP contribution in [0.2, 0.25) is 10.0 Å². The predicted octanol–water partition coefficient (Wildman–Crippen LogP) is 2.42. The Morgan fingerprint density at radius 2 is 2.05 bits per heavy atom. The quantitative estimate of drug-likeness (QED) is 0.418. The highest BCUT2D eigenvalue weighted by Crippen LogP contribution is 2.26. The molecule has 108 valence electrons. The molecule has 1 aromatic carbocycles. The molecule has 0 bridgehead atoms. The molecule has 0 aliphatic heterocycles. The Labute approximate surface area is 124 Å². The highest BCUT2D eigenvalue weighted by Gasteiger charge is 2.11. The summed E-state index contributed by atoms with van der Waals surface area (Å²) in [7, 11) is 1.65. The number of methoxy groups -OCH3 is 1.